The third kappa shape index (κ3) is 16.0. The van der Waals surface area contributed by atoms with Crippen molar-refractivity contribution >= 4 is 43.7 Å². The molecule has 2 aromatic carbocycles. The van der Waals surface area contributed by atoms with Crippen molar-refractivity contribution in [2.45, 2.75) is 24.9 Å². The molecule has 2 rings (SSSR count). The van der Waals surface area contributed by atoms with Crippen molar-refractivity contribution in [1.82, 2.24) is 0 Å². The molecule has 19 heteroatoms. The zero-order valence-corrected chi connectivity index (χ0v) is 25.6. The first kappa shape index (κ1) is 40.1. The fourth-order valence-electron chi connectivity index (χ4n) is 2.99. The van der Waals surface area contributed by atoms with Crippen LogP contribution in [0.5, 0.6) is 28.7 Å². The van der Waals surface area contributed by atoms with Gasteiger partial charge >= 0.3 is 19.8 Å². The van der Waals surface area contributed by atoms with Gasteiger partial charge in [0.2, 0.25) is 17.6 Å². The standard InChI is InChI=1S/C18H21O8P.2C4H8N2O3/c1-22-14-8-7-12(9-15(14)26-27(19,20)21)5-6-13-10-16(23-2)18(25-4)17(11-13)24-3;2*5-2(4(8)9)1-3(6)7/h5-11H,1-4H3,(H2,19,20,21);2*2H,1,5H2,(H2,6,7)(H,8,9)/b6-5-;;. The molecule has 12 N–H and O–H groups in total. The highest BCUT2D eigenvalue weighted by atomic mass is 31.2. The van der Waals surface area contributed by atoms with Gasteiger partial charge in [-0.25, -0.2) is 4.57 Å². The molecule has 2 amide bonds. The Bertz CT molecular complexity index is 1340. The number of ether oxygens (including phenoxy) is 4. The first-order valence-electron chi connectivity index (χ1n) is 12.3. The third-order valence-corrected chi connectivity index (χ3v) is 5.47. The lowest BCUT2D eigenvalue weighted by Crippen LogP contribution is -2.34. The lowest BCUT2D eigenvalue weighted by Gasteiger charge is -2.13. The number of hydrogen-bond acceptors (Lipinski definition) is 12. The number of hydrogen-bond donors (Lipinski definition) is 8. The van der Waals surface area contributed by atoms with E-state index in [-0.39, 0.29) is 24.3 Å². The highest BCUT2D eigenvalue weighted by Gasteiger charge is 2.19. The van der Waals surface area contributed by atoms with E-state index in [4.69, 9.17) is 50.4 Å². The molecule has 2 atom stereocenters. The predicted molar refractivity (Wildman–Crippen MR) is 160 cm³/mol. The maximum absolute atomic E-state index is 11.1. The highest BCUT2D eigenvalue weighted by molar-refractivity contribution is 7.46. The summed E-state index contributed by atoms with van der Waals surface area (Å²) in [6, 6.07) is 5.96. The van der Waals surface area contributed by atoms with E-state index in [1.165, 1.54) is 34.5 Å². The number of phosphoric ester groups is 1. The van der Waals surface area contributed by atoms with Gasteiger partial charge in [0.15, 0.2) is 23.0 Å². The summed E-state index contributed by atoms with van der Waals surface area (Å²) in [7, 11) is 1.26. The Labute approximate surface area is 257 Å². The molecule has 0 aliphatic carbocycles. The van der Waals surface area contributed by atoms with Crippen LogP contribution in [0.25, 0.3) is 12.2 Å². The van der Waals surface area contributed by atoms with Gasteiger partial charge in [-0.05, 0) is 35.4 Å². The maximum Gasteiger partial charge on any atom is 0.524 e. The molecule has 2 aromatic rings. The average Bonchev–Trinajstić information content (AvgIpc) is 2.94. The second kappa shape index (κ2) is 19.4. The number of primary amides is 2. The van der Waals surface area contributed by atoms with Gasteiger partial charge in [-0.1, -0.05) is 18.2 Å². The van der Waals surface area contributed by atoms with Gasteiger partial charge in [0.1, 0.15) is 12.1 Å². The van der Waals surface area contributed by atoms with Crippen LogP contribution in [0.3, 0.4) is 0 Å². The number of carboxylic acids is 2. The van der Waals surface area contributed by atoms with Gasteiger partial charge in [0.05, 0.1) is 41.3 Å². The molecule has 250 valence electrons. The average molecular weight is 661 g/mol. The van der Waals surface area contributed by atoms with Crippen LogP contribution in [0.4, 0.5) is 0 Å². The largest absolute Gasteiger partial charge is 0.524 e. The number of aliphatic carboxylic acids is 2. The number of benzene rings is 2. The molecule has 0 aromatic heterocycles. The molecule has 18 nitrogen and oxygen atoms in total. The molecule has 0 saturated heterocycles. The van der Waals surface area contributed by atoms with E-state index in [0.29, 0.717) is 22.8 Å². The molecule has 0 aliphatic rings. The third-order valence-electron chi connectivity index (χ3n) is 5.04. The lowest BCUT2D eigenvalue weighted by atomic mass is 10.1. The topological polar surface area (TPSA) is 316 Å². The van der Waals surface area contributed by atoms with Crippen LogP contribution in [0.15, 0.2) is 30.3 Å². The molecule has 0 saturated carbocycles. The van der Waals surface area contributed by atoms with Crippen molar-refractivity contribution in [2.75, 3.05) is 28.4 Å². The fraction of sp³-hybridized carbons (Fsp3) is 0.308. The minimum absolute atomic E-state index is 0.0575. The molecule has 0 bridgehead atoms. The Kier molecular flexibility index (Phi) is 17.3. The molecular formula is C26H37N4O14P. The number of carbonyl (C=O) groups is 4. The molecular weight excluding hydrogens is 623 g/mol. The van der Waals surface area contributed by atoms with Gasteiger partial charge in [-0.15, -0.1) is 0 Å². The van der Waals surface area contributed by atoms with E-state index < -0.39 is 43.7 Å². The second-order valence-corrected chi connectivity index (χ2v) is 9.68. The summed E-state index contributed by atoms with van der Waals surface area (Å²) in [4.78, 5) is 57.9. The monoisotopic (exact) mass is 660 g/mol. The summed E-state index contributed by atoms with van der Waals surface area (Å²) >= 11 is 0. The van der Waals surface area contributed by atoms with Crippen LogP contribution < -0.4 is 46.4 Å². The Balaban J connectivity index is 0.000000880. The molecule has 45 heavy (non-hydrogen) atoms. The Hall–Kier alpha value is -4.87. The van der Waals surface area contributed by atoms with E-state index in [9.17, 15) is 23.7 Å². The SMILES string of the molecule is COc1ccc(/C=C\c2cc(OC)c(OC)c(OC)c2)cc1OP(=O)(O)O.NC(=O)CC(N)C(=O)O.NC(=O)CC(N)C(=O)O. The molecule has 0 fully saturated rings. The zero-order valence-electron chi connectivity index (χ0n) is 24.7. The van der Waals surface area contributed by atoms with Crippen molar-refractivity contribution in [2.24, 2.45) is 22.9 Å². The molecule has 0 spiro atoms. The number of rotatable bonds is 14. The summed E-state index contributed by atoms with van der Waals surface area (Å²) in [5.74, 6) is -2.18. The first-order valence-corrected chi connectivity index (χ1v) is 13.9. The van der Waals surface area contributed by atoms with Crippen molar-refractivity contribution < 1.29 is 67.2 Å². The van der Waals surface area contributed by atoms with Crippen LogP contribution in [0.2, 0.25) is 0 Å². The number of methoxy groups -OCH3 is 4. The number of carbonyl (C=O) groups excluding carboxylic acids is 2. The van der Waals surface area contributed by atoms with Gasteiger partial charge < -0.3 is 56.6 Å². The molecule has 0 heterocycles. The van der Waals surface area contributed by atoms with Gasteiger partial charge in [-0.2, -0.15) is 0 Å². The van der Waals surface area contributed by atoms with Crippen LogP contribution in [-0.2, 0) is 23.7 Å². The quantitative estimate of drug-likeness (QED) is 0.0969. The van der Waals surface area contributed by atoms with Crippen LogP contribution in [0.1, 0.15) is 24.0 Å². The number of phosphoric acid groups is 1. The van der Waals surface area contributed by atoms with Gasteiger partial charge in [-0.3, -0.25) is 29.0 Å². The zero-order chi connectivity index (χ0) is 34.9. The number of nitrogens with two attached hydrogens (primary N) is 4. The van der Waals surface area contributed by atoms with Crippen LogP contribution in [0, 0.1) is 0 Å². The fourth-order valence-corrected chi connectivity index (χ4v) is 3.39. The highest BCUT2D eigenvalue weighted by Crippen LogP contribution is 2.42. The minimum Gasteiger partial charge on any atom is -0.493 e. The predicted octanol–water partition coefficient (Wildman–Crippen LogP) is -0.0897. The normalized spacial score (nSPS) is 11.8. The minimum atomic E-state index is -4.71. The van der Waals surface area contributed by atoms with Crippen molar-refractivity contribution in [3.8, 4) is 28.7 Å². The maximum atomic E-state index is 11.1. The summed E-state index contributed by atoms with van der Waals surface area (Å²) in [6.07, 6.45) is 2.91. The van der Waals surface area contributed by atoms with Gasteiger partial charge in [0.25, 0.3) is 0 Å². The molecule has 0 aliphatic heterocycles. The number of carboxylic acid groups (broad SMARTS) is 2. The van der Waals surface area contributed by atoms with E-state index in [2.05, 4.69) is 16.0 Å². The summed E-state index contributed by atoms with van der Waals surface area (Å²) in [6.45, 7) is 0. The van der Waals surface area contributed by atoms with Crippen molar-refractivity contribution in [3.63, 3.8) is 0 Å². The first-order chi connectivity index (χ1) is 20.9. The van der Waals surface area contributed by atoms with E-state index >= 15 is 0 Å². The van der Waals surface area contributed by atoms with Crippen molar-refractivity contribution in [1.29, 1.82) is 0 Å². The smallest absolute Gasteiger partial charge is 0.493 e. The Morgan fingerprint density at radius 1 is 0.711 bits per heavy atom. The Morgan fingerprint density at radius 3 is 1.42 bits per heavy atom. The van der Waals surface area contributed by atoms with Crippen LogP contribution >= 0.6 is 7.82 Å². The van der Waals surface area contributed by atoms with E-state index in [1.54, 1.807) is 36.4 Å². The Morgan fingerprint density at radius 2 is 1.11 bits per heavy atom. The van der Waals surface area contributed by atoms with Crippen molar-refractivity contribution in [3.05, 3.63) is 41.5 Å². The molecule has 0 radical (unpaired) electrons. The van der Waals surface area contributed by atoms with Crippen LogP contribution in [-0.4, -0.2) is 84.3 Å². The molecule has 2 unspecified atom stereocenters. The summed E-state index contributed by atoms with van der Waals surface area (Å²) in [5, 5.41) is 16.2. The van der Waals surface area contributed by atoms with E-state index in [1.807, 2.05) is 0 Å². The lowest BCUT2D eigenvalue weighted by molar-refractivity contribution is -0.140. The number of amides is 2. The van der Waals surface area contributed by atoms with Gasteiger partial charge in [0, 0.05) is 0 Å². The summed E-state index contributed by atoms with van der Waals surface area (Å²) < 4.78 is 36.8. The summed E-state index contributed by atoms with van der Waals surface area (Å²) in [5.41, 5.74) is 20.6. The van der Waals surface area contributed by atoms with E-state index in [0.717, 1.165) is 5.56 Å². The second-order valence-electron chi connectivity index (χ2n) is 8.51.